The van der Waals surface area contributed by atoms with E-state index in [1.165, 1.54) is 42.4 Å². The first kappa shape index (κ1) is 32.2. The lowest BCUT2D eigenvalue weighted by Crippen LogP contribution is -2.00. The topological polar surface area (TPSA) is 51.8 Å². The smallest absolute Gasteiger partial charge is 0.164 e. The van der Waals surface area contributed by atoms with Gasteiger partial charge in [-0.25, -0.2) is 15.0 Å². The van der Waals surface area contributed by atoms with Gasteiger partial charge in [0.2, 0.25) is 0 Å². The van der Waals surface area contributed by atoms with Gasteiger partial charge in [-0.3, -0.25) is 0 Å². The fourth-order valence-electron chi connectivity index (χ4n) is 7.90. The Bertz CT molecular complexity index is 3170. The maximum absolute atomic E-state index is 6.84. The number of para-hydroxylation sites is 1. The maximum atomic E-state index is 6.84. The molecule has 8 aromatic carbocycles. The van der Waals surface area contributed by atoms with Crippen LogP contribution in [-0.2, 0) is 0 Å². The Hall–Kier alpha value is -7.21. The van der Waals surface area contributed by atoms with E-state index in [1.54, 1.807) is 0 Å². The van der Waals surface area contributed by atoms with Gasteiger partial charge in [-0.05, 0) is 52.1 Å². The third-order valence-electron chi connectivity index (χ3n) is 10.6. The molecule has 0 aliphatic heterocycles. The molecular formula is C51H31N3OS. The summed E-state index contributed by atoms with van der Waals surface area (Å²) in [5, 5.41) is 4.54. The van der Waals surface area contributed by atoms with Gasteiger partial charge < -0.3 is 4.42 Å². The molecular weight excluding hydrogens is 703 g/mol. The van der Waals surface area contributed by atoms with E-state index < -0.39 is 0 Å². The number of nitrogens with zero attached hydrogens (tertiary/aromatic N) is 3. The highest BCUT2D eigenvalue weighted by Gasteiger charge is 2.21. The van der Waals surface area contributed by atoms with E-state index in [4.69, 9.17) is 19.4 Å². The van der Waals surface area contributed by atoms with Gasteiger partial charge in [0.25, 0.3) is 0 Å². The molecule has 0 saturated heterocycles. The Morgan fingerprint density at radius 2 is 0.893 bits per heavy atom. The van der Waals surface area contributed by atoms with Crippen molar-refractivity contribution < 1.29 is 4.42 Å². The van der Waals surface area contributed by atoms with Crippen LogP contribution in [0.1, 0.15) is 0 Å². The molecule has 11 aromatic rings. The van der Waals surface area contributed by atoms with E-state index in [9.17, 15) is 0 Å². The maximum Gasteiger partial charge on any atom is 0.164 e. The average Bonchev–Trinajstić information content (AvgIpc) is 3.86. The molecule has 0 unspecified atom stereocenters. The molecule has 0 atom stereocenters. The van der Waals surface area contributed by atoms with Crippen LogP contribution < -0.4 is 0 Å². The number of thiophene rings is 1. The number of hydrogen-bond acceptors (Lipinski definition) is 5. The molecule has 0 N–H and O–H groups in total. The van der Waals surface area contributed by atoms with E-state index in [2.05, 4.69) is 115 Å². The van der Waals surface area contributed by atoms with Crippen molar-refractivity contribution in [2.24, 2.45) is 0 Å². The molecule has 0 spiro atoms. The SMILES string of the molecule is c1ccc(-c2ccc(-c3cc(-c4cccc5c4oc4cccc(-c6nc(-c7ccccc7)nc(-c7ccccc7)n6)c45)cc4sc5ccccc5c34)cc2)cc1. The molecule has 3 aromatic heterocycles. The molecule has 56 heavy (non-hydrogen) atoms. The second kappa shape index (κ2) is 13.3. The Morgan fingerprint density at radius 1 is 0.339 bits per heavy atom. The second-order valence-electron chi connectivity index (χ2n) is 13.9. The van der Waals surface area contributed by atoms with Crippen molar-refractivity contribution in [3.8, 4) is 67.5 Å². The van der Waals surface area contributed by atoms with Crippen LogP contribution in [0.4, 0.5) is 0 Å². The zero-order valence-corrected chi connectivity index (χ0v) is 30.9. The summed E-state index contributed by atoms with van der Waals surface area (Å²) < 4.78 is 9.36. The summed E-state index contributed by atoms with van der Waals surface area (Å²) in [7, 11) is 0. The van der Waals surface area contributed by atoms with E-state index in [0.717, 1.165) is 49.8 Å². The molecule has 4 nitrogen and oxygen atoms in total. The minimum atomic E-state index is 0.601. The number of furan rings is 1. The molecule has 0 aliphatic carbocycles. The summed E-state index contributed by atoms with van der Waals surface area (Å²) in [6, 6.07) is 65.7. The van der Waals surface area contributed by atoms with Crippen molar-refractivity contribution in [1.82, 2.24) is 15.0 Å². The molecule has 3 heterocycles. The van der Waals surface area contributed by atoms with Gasteiger partial charge in [-0.15, -0.1) is 11.3 Å². The van der Waals surface area contributed by atoms with E-state index in [1.807, 2.05) is 84.1 Å². The van der Waals surface area contributed by atoms with Crippen LogP contribution in [0.5, 0.6) is 0 Å². The van der Waals surface area contributed by atoms with Crippen LogP contribution in [0.25, 0.3) is 110 Å². The molecule has 0 saturated carbocycles. The minimum Gasteiger partial charge on any atom is -0.455 e. The van der Waals surface area contributed by atoms with Gasteiger partial charge in [0.05, 0.1) is 0 Å². The fourth-order valence-corrected chi connectivity index (χ4v) is 9.07. The fraction of sp³-hybridized carbons (Fsp3) is 0. The molecule has 0 amide bonds. The van der Waals surface area contributed by atoms with Crippen molar-refractivity contribution in [2.75, 3.05) is 0 Å². The first-order chi connectivity index (χ1) is 27.7. The van der Waals surface area contributed by atoms with Gasteiger partial charge in [0.15, 0.2) is 17.5 Å². The van der Waals surface area contributed by atoms with Gasteiger partial charge in [-0.2, -0.15) is 0 Å². The van der Waals surface area contributed by atoms with E-state index in [-0.39, 0.29) is 0 Å². The van der Waals surface area contributed by atoms with Crippen molar-refractivity contribution in [3.63, 3.8) is 0 Å². The zero-order valence-electron chi connectivity index (χ0n) is 30.1. The highest BCUT2D eigenvalue weighted by molar-refractivity contribution is 7.26. The van der Waals surface area contributed by atoms with Crippen LogP contribution in [0.3, 0.4) is 0 Å². The van der Waals surface area contributed by atoms with Crippen LogP contribution in [0.15, 0.2) is 192 Å². The summed E-state index contributed by atoms with van der Waals surface area (Å²) in [5.74, 6) is 1.85. The third kappa shape index (κ3) is 5.48. The Morgan fingerprint density at radius 3 is 1.61 bits per heavy atom. The highest BCUT2D eigenvalue weighted by Crippen LogP contribution is 2.46. The predicted octanol–water partition coefficient (Wildman–Crippen LogP) is 14.1. The standard InChI is InChI=1S/C51H31N3OS/c1-4-14-32(15-5-1)33-26-28-34(29-27-33)42-30-37(31-45-47(42)39-20-10-11-25-44(39)56-45)38-21-12-22-40-46-41(23-13-24-43(46)55-48(38)40)51-53-49(35-16-6-2-7-17-35)52-50(54-51)36-18-8-3-9-19-36/h1-31H. The first-order valence-corrected chi connectivity index (χ1v) is 19.5. The molecule has 262 valence electrons. The monoisotopic (exact) mass is 733 g/mol. The lowest BCUT2D eigenvalue weighted by atomic mass is 9.93. The zero-order chi connectivity index (χ0) is 37.0. The lowest BCUT2D eigenvalue weighted by molar-refractivity contribution is 0.670. The Labute approximate surface area is 327 Å². The molecule has 0 radical (unpaired) electrons. The third-order valence-corrected chi connectivity index (χ3v) is 11.7. The van der Waals surface area contributed by atoms with Crippen LogP contribution in [0, 0.1) is 0 Å². The van der Waals surface area contributed by atoms with Crippen molar-refractivity contribution in [1.29, 1.82) is 0 Å². The Balaban J connectivity index is 1.11. The quantitative estimate of drug-likeness (QED) is 0.171. The second-order valence-corrected chi connectivity index (χ2v) is 15.0. The molecule has 0 fully saturated rings. The van der Waals surface area contributed by atoms with E-state index in [0.29, 0.717) is 17.5 Å². The van der Waals surface area contributed by atoms with Gasteiger partial charge >= 0.3 is 0 Å². The number of fused-ring (bicyclic) bond motifs is 6. The summed E-state index contributed by atoms with van der Waals surface area (Å²) in [5.41, 5.74) is 11.3. The molecule has 5 heteroatoms. The molecule has 11 rings (SSSR count). The first-order valence-electron chi connectivity index (χ1n) is 18.7. The van der Waals surface area contributed by atoms with Crippen molar-refractivity contribution in [2.45, 2.75) is 0 Å². The minimum absolute atomic E-state index is 0.601. The Kier molecular flexibility index (Phi) is 7.64. The summed E-state index contributed by atoms with van der Waals surface area (Å²) in [6.45, 7) is 0. The van der Waals surface area contributed by atoms with Crippen LogP contribution in [-0.4, -0.2) is 15.0 Å². The normalized spacial score (nSPS) is 11.6. The largest absolute Gasteiger partial charge is 0.455 e. The number of rotatable bonds is 6. The van der Waals surface area contributed by atoms with E-state index >= 15 is 0 Å². The average molecular weight is 734 g/mol. The lowest BCUT2D eigenvalue weighted by Gasteiger charge is -2.11. The van der Waals surface area contributed by atoms with Gasteiger partial charge in [-0.1, -0.05) is 164 Å². The number of aromatic nitrogens is 3. The summed E-state index contributed by atoms with van der Waals surface area (Å²) in [4.78, 5) is 15.1. The molecule has 0 bridgehead atoms. The van der Waals surface area contributed by atoms with Crippen LogP contribution >= 0.6 is 11.3 Å². The predicted molar refractivity (Wildman–Crippen MR) is 233 cm³/mol. The molecule has 0 aliphatic rings. The number of benzene rings is 8. The summed E-state index contributed by atoms with van der Waals surface area (Å²) in [6.07, 6.45) is 0. The van der Waals surface area contributed by atoms with Gasteiger partial charge in [0, 0.05) is 53.2 Å². The number of hydrogen-bond donors (Lipinski definition) is 0. The highest BCUT2D eigenvalue weighted by atomic mass is 32.1. The van der Waals surface area contributed by atoms with Crippen molar-refractivity contribution >= 4 is 53.4 Å². The van der Waals surface area contributed by atoms with Crippen LogP contribution in [0.2, 0.25) is 0 Å². The summed E-state index contributed by atoms with van der Waals surface area (Å²) >= 11 is 1.84. The van der Waals surface area contributed by atoms with Gasteiger partial charge in [0.1, 0.15) is 11.2 Å². The van der Waals surface area contributed by atoms with Crippen molar-refractivity contribution in [3.05, 3.63) is 188 Å².